The lowest BCUT2D eigenvalue weighted by atomic mass is 9.97. The summed E-state index contributed by atoms with van der Waals surface area (Å²) in [5.74, 6) is 1.13. The highest BCUT2D eigenvalue weighted by Gasteiger charge is 2.31. The number of carbonyl (C=O) groups excluding carboxylic acids is 1. The van der Waals surface area contributed by atoms with Gasteiger partial charge in [-0.15, -0.1) is 0 Å². The van der Waals surface area contributed by atoms with Gasteiger partial charge in [0.1, 0.15) is 0 Å². The van der Waals surface area contributed by atoms with Crippen molar-refractivity contribution in [2.45, 2.75) is 32.7 Å². The van der Waals surface area contributed by atoms with E-state index in [1.165, 1.54) is 6.42 Å². The minimum absolute atomic E-state index is 0.0766. The van der Waals surface area contributed by atoms with Crippen LogP contribution in [0.1, 0.15) is 37.0 Å². The predicted octanol–water partition coefficient (Wildman–Crippen LogP) is 4.27. The Hall–Kier alpha value is -0.540. The molecule has 1 fully saturated rings. The number of amides is 1. The zero-order chi connectivity index (χ0) is 13.3. The third kappa shape index (κ3) is 2.72. The van der Waals surface area contributed by atoms with Gasteiger partial charge in [-0.3, -0.25) is 4.79 Å². The van der Waals surface area contributed by atoms with Gasteiger partial charge < -0.3 is 5.32 Å². The molecule has 1 saturated carbocycles. The van der Waals surface area contributed by atoms with Crippen LogP contribution >= 0.6 is 27.5 Å². The zero-order valence-electron chi connectivity index (χ0n) is 10.5. The molecule has 0 spiro atoms. The summed E-state index contributed by atoms with van der Waals surface area (Å²) in [5.41, 5.74) is 0.540. The topological polar surface area (TPSA) is 29.1 Å². The molecule has 2 rings (SSSR count). The molecule has 0 aliphatic heterocycles. The van der Waals surface area contributed by atoms with Crippen LogP contribution in [0.25, 0.3) is 0 Å². The average Bonchev–Trinajstić information content (AvgIpc) is 2.64. The van der Waals surface area contributed by atoms with Gasteiger partial charge in [-0.05, 0) is 52.7 Å². The summed E-state index contributed by atoms with van der Waals surface area (Å²) in [6.45, 7) is 4.44. The van der Waals surface area contributed by atoms with Crippen molar-refractivity contribution < 1.29 is 4.79 Å². The van der Waals surface area contributed by atoms with E-state index >= 15 is 0 Å². The van der Waals surface area contributed by atoms with Gasteiger partial charge in [0.2, 0.25) is 0 Å². The maximum absolute atomic E-state index is 12.2. The van der Waals surface area contributed by atoms with Crippen LogP contribution in [0.15, 0.2) is 22.7 Å². The standard InChI is InChI=1S/C14H17BrClNO/c1-8-6-7-12(9(8)2)17-14(18)10-4-3-5-11(15)13(10)16/h3-5,8-9,12H,6-7H2,1-2H3,(H,17,18). The van der Waals surface area contributed by atoms with E-state index in [0.29, 0.717) is 22.4 Å². The fraction of sp³-hybridized carbons (Fsp3) is 0.500. The summed E-state index contributed by atoms with van der Waals surface area (Å²) >= 11 is 9.47. The monoisotopic (exact) mass is 329 g/mol. The Bertz CT molecular complexity index is 463. The highest BCUT2D eigenvalue weighted by molar-refractivity contribution is 9.10. The molecule has 3 unspecified atom stereocenters. The number of hydrogen-bond donors (Lipinski definition) is 1. The Morgan fingerprint density at radius 1 is 1.39 bits per heavy atom. The van der Waals surface area contributed by atoms with E-state index in [1.54, 1.807) is 6.07 Å². The first-order chi connectivity index (χ1) is 8.50. The minimum Gasteiger partial charge on any atom is -0.349 e. The molecule has 0 aromatic heterocycles. The highest BCUT2D eigenvalue weighted by atomic mass is 79.9. The van der Waals surface area contributed by atoms with Crippen molar-refractivity contribution in [2.24, 2.45) is 11.8 Å². The van der Waals surface area contributed by atoms with Crippen molar-refractivity contribution in [1.29, 1.82) is 0 Å². The van der Waals surface area contributed by atoms with Crippen LogP contribution in [0.2, 0.25) is 5.02 Å². The molecule has 0 saturated heterocycles. The van der Waals surface area contributed by atoms with Gasteiger partial charge >= 0.3 is 0 Å². The van der Waals surface area contributed by atoms with Crippen LogP contribution in [0.3, 0.4) is 0 Å². The Kier molecular flexibility index (Phi) is 4.33. The summed E-state index contributed by atoms with van der Waals surface area (Å²) < 4.78 is 0.754. The molecule has 1 aliphatic rings. The van der Waals surface area contributed by atoms with E-state index < -0.39 is 0 Å². The predicted molar refractivity (Wildman–Crippen MR) is 78.0 cm³/mol. The molecule has 98 valence electrons. The second kappa shape index (κ2) is 5.62. The SMILES string of the molecule is CC1CCC(NC(=O)c2cccc(Br)c2Cl)C1C. The lowest BCUT2D eigenvalue weighted by molar-refractivity contribution is 0.0927. The van der Waals surface area contributed by atoms with E-state index in [1.807, 2.05) is 12.1 Å². The average molecular weight is 331 g/mol. The van der Waals surface area contributed by atoms with Gasteiger partial charge in [-0.1, -0.05) is 31.5 Å². The lowest BCUT2D eigenvalue weighted by Gasteiger charge is -2.20. The second-order valence-corrected chi connectivity index (χ2v) is 6.33. The van der Waals surface area contributed by atoms with E-state index in [9.17, 15) is 4.79 Å². The van der Waals surface area contributed by atoms with Crippen LogP contribution in [-0.2, 0) is 0 Å². The third-order valence-corrected chi connectivity index (χ3v) is 5.27. The summed E-state index contributed by atoms with van der Waals surface area (Å²) in [5, 5.41) is 3.58. The molecule has 4 heteroatoms. The quantitative estimate of drug-likeness (QED) is 0.862. The van der Waals surface area contributed by atoms with E-state index in [-0.39, 0.29) is 11.9 Å². The third-order valence-electron chi connectivity index (χ3n) is 3.98. The van der Waals surface area contributed by atoms with Gasteiger partial charge in [-0.25, -0.2) is 0 Å². The number of benzene rings is 1. The van der Waals surface area contributed by atoms with Crippen LogP contribution in [0.4, 0.5) is 0 Å². The highest BCUT2D eigenvalue weighted by Crippen LogP contribution is 2.32. The first-order valence-electron chi connectivity index (χ1n) is 6.25. The molecule has 1 aliphatic carbocycles. The van der Waals surface area contributed by atoms with Crippen molar-refractivity contribution in [3.8, 4) is 0 Å². The second-order valence-electron chi connectivity index (χ2n) is 5.10. The fourth-order valence-corrected chi connectivity index (χ4v) is 3.07. The summed E-state index contributed by atoms with van der Waals surface area (Å²) in [4.78, 5) is 12.2. The Morgan fingerprint density at radius 3 is 2.72 bits per heavy atom. The molecular formula is C14H17BrClNO. The molecule has 0 bridgehead atoms. The van der Waals surface area contributed by atoms with Crippen molar-refractivity contribution in [1.82, 2.24) is 5.32 Å². The molecule has 1 aromatic rings. The van der Waals surface area contributed by atoms with Gasteiger partial charge in [0.05, 0.1) is 10.6 Å². The molecule has 1 N–H and O–H groups in total. The van der Waals surface area contributed by atoms with Crippen LogP contribution < -0.4 is 5.32 Å². The van der Waals surface area contributed by atoms with Crippen molar-refractivity contribution in [2.75, 3.05) is 0 Å². The normalized spacial score (nSPS) is 27.2. The Labute approximate surface area is 121 Å². The maximum Gasteiger partial charge on any atom is 0.253 e. The molecule has 2 nitrogen and oxygen atoms in total. The summed E-state index contributed by atoms with van der Waals surface area (Å²) in [7, 11) is 0. The van der Waals surface area contributed by atoms with Crippen LogP contribution in [-0.4, -0.2) is 11.9 Å². The fourth-order valence-electron chi connectivity index (χ4n) is 2.49. The number of nitrogens with one attached hydrogen (secondary N) is 1. The van der Waals surface area contributed by atoms with E-state index in [4.69, 9.17) is 11.6 Å². The molecule has 1 aromatic carbocycles. The van der Waals surface area contributed by atoms with Crippen molar-refractivity contribution >= 4 is 33.4 Å². The van der Waals surface area contributed by atoms with E-state index in [2.05, 4.69) is 35.1 Å². The molecular weight excluding hydrogens is 314 g/mol. The largest absolute Gasteiger partial charge is 0.349 e. The number of halogens is 2. The zero-order valence-corrected chi connectivity index (χ0v) is 12.9. The lowest BCUT2D eigenvalue weighted by Crippen LogP contribution is -2.37. The smallest absolute Gasteiger partial charge is 0.253 e. The Morgan fingerprint density at radius 2 is 2.11 bits per heavy atom. The number of rotatable bonds is 2. The Balaban J connectivity index is 2.11. The molecule has 1 amide bonds. The van der Waals surface area contributed by atoms with Gasteiger partial charge in [0, 0.05) is 10.5 Å². The minimum atomic E-state index is -0.0766. The van der Waals surface area contributed by atoms with E-state index in [0.717, 1.165) is 10.9 Å². The first kappa shape index (κ1) is 13.9. The van der Waals surface area contributed by atoms with Gasteiger partial charge in [0.15, 0.2) is 0 Å². The maximum atomic E-state index is 12.2. The summed E-state index contributed by atoms with van der Waals surface area (Å²) in [6.07, 6.45) is 2.23. The first-order valence-corrected chi connectivity index (χ1v) is 7.42. The number of hydrogen-bond acceptors (Lipinski definition) is 1. The molecule has 0 heterocycles. The van der Waals surface area contributed by atoms with Crippen LogP contribution in [0.5, 0.6) is 0 Å². The summed E-state index contributed by atoms with van der Waals surface area (Å²) in [6, 6.07) is 5.68. The van der Waals surface area contributed by atoms with Crippen molar-refractivity contribution in [3.63, 3.8) is 0 Å². The van der Waals surface area contributed by atoms with Gasteiger partial charge in [0.25, 0.3) is 5.91 Å². The molecule has 3 atom stereocenters. The van der Waals surface area contributed by atoms with Crippen LogP contribution in [0, 0.1) is 11.8 Å². The van der Waals surface area contributed by atoms with Gasteiger partial charge in [-0.2, -0.15) is 0 Å². The van der Waals surface area contributed by atoms with Crippen molar-refractivity contribution in [3.05, 3.63) is 33.3 Å². The number of carbonyl (C=O) groups is 1. The molecule has 18 heavy (non-hydrogen) atoms. The molecule has 0 radical (unpaired) electrons.